The summed E-state index contributed by atoms with van der Waals surface area (Å²) in [6, 6.07) is 2.37. The Morgan fingerprint density at radius 2 is 2.00 bits per heavy atom. The van der Waals surface area contributed by atoms with Gasteiger partial charge >= 0.3 is 5.97 Å². The lowest BCUT2D eigenvalue weighted by atomic mass is 10.1. The Morgan fingerprint density at radius 1 is 1.36 bits per heavy atom. The van der Waals surface area contributed by atoms with Crippen molar-refractivity contribution in [2.24, 2.45) is 5.92 Å². The lowest BCUT2D eigenvalue weighted by molar-refractivity contribution is -0.140. The number of hydrogen-bond acceptors (Lipinski definition) is 4. The van der Waals surface area contributed by atoms with Crippen molar-refractivity contribution in [2.45, 2.75) is 31.9 Å². The number of carboxylic acids is 1. The third-order valence-corrected chi connectivity index (χ3v) is 4.76. The number of fused-ring (bicyclic) bond motifs is 1. The summed E-state index contributed by atoms with van der Waals surface area (Å²) in [5.74, 6) is -2.24. The van der Waals surface area contributed by atoms with Gasteiger partial charge in [-0.15, -0.1) is 0 Å². The number of halogens is 1. The number of furan rings is 1. The van der Waals surface area contributed by atoms with Crippen molar-refractivity contribution in [3.8, 4) is 0 Å². The molecule has 1 heterocycles. The first kappa shape index (κ1) is 16.4. The molecule has 2 aromatic rings. The van der Waals surface area contributed by atoms with Crippen LogP contribution in [0.15, 0.2) is 27.7 Å². The number of sulfonamides is 1. The van der Waals surface area contributed by atoms with Gasteiger partial charge in [0.15, 0.2) is 0 Å². The summed E-state index contributed by atoms with van der Waals surface area (Å²) in [6.45, 7) is 4.65. The van der Waals surface area contributed by atoms with Crippen LogP contribution in [0.25, 0.3) is 11.0 Å². The van der Waals surface area contributed by atoms with Crippen LogP contribution >= 0.6 is 0 Å². The zero-order chi connectivity index (χ0) is 16.7. The Kier molecular flexibility index (Phi) is 4.25. The highest BCUT2D eigenvalue weighted by Crippen LogP contribution is 2.29. The summed E-state index contributed by atoms with van der Waals surface area (Å²) >= 11 is 0. The monoisotopic (exact) mass is 329 g/mol. The molecule has 120 valence electrons. The second-order valence-electron chi connectivity index (χ2n) is 5.34. The first-order chi connectivity index (χ1) is 10.1. The van der Waals surface area contributed by atoms with Crippen LogP contribution < -0.4 is 4.72 Å². The van der Waals surface area contributed by atoms with Crippen LogP contribution in [0.4, 0.5) is 4.39 Å². The number of aliphatic carboxylic acids is 1. The van der Waals surface area contributed by atoms with Gasteiger partial charge < -0.3 is 9.52 Å². The number of hydrogen-bond donors (Lipinski definition) is 2. The first-order valence-corrected chi connectivity index (χ1v) is 8.05. The van der Waals surface area contributed by atoms with Gasteiger partial charge in [0.05, 0.1) is 0 Å². The molecule has 0 amide bonds. The molecule has 0 fully saturated rings. The summed E-state index contributed by atoms with van der Waals surface area (Å²) in [4.78, 5) is 11.1. The van der Waals surface area contributed by atoms with E-state index < -0.39 is 38.9 Å². The van der Waals surface area contributed by atoms with E-state index in [9.17, 15) is 17.6 Å². The van der Waals surface area contributed by atoms with Gasteiger partial charge in [-0.25, -0.2) is 12.8 Å². The van der Waals surface area contributed by atoms with Gasteiger partial charge in [0.1, 0.15) is 17.4 Å². The fraction of sp³-hybridized carbons (Fsp3) is 0.357. The number of carboxylic acid groups (broad SMARTS) is 1. The van der Waals surface area contributed by atoms with Crippen LogP contribution in [0.1, 0.15) is 19.4 Å². The van der Waals surface area contributed by atoms with E-state index in [0.29, 0.717) is 5.39 Å². The minimum Gasteiger partial charge on any atom is -0.480 e. The summed E-state index contributed by atoms with van der Waals surface area (Å²) in [5.41, 5.74) is 0.450. The molecule has 0 bridgehead atoms. The standard InChI is InChI=1S/C14H16FNO5S/c1-7(2)12(13(17)18)16-22(19,20)14-8(3)10-6-9(15)4-5-11(10)21-14/h4-7,12,16H,1-3H3,(H,17,18)/t12-/m0/s1. The van der Waals surface area contributed by atoms with E-state index >= 15 is 0 Å². The van der Waals surface area contributed by atoms with Crippen LogP contribution in [0.5, 0.6) is 0 Å². The second-order valence-corrected chi connectivity index (χ2v) is 6.95. The van der Waals surface area contributed by atoms with Gasteiger partial charge in [0.25, 0.3) is 10.0 Å². The van der Waals surface area contributed by atoms with Crippen molar-refractivity contribution in [3.63, 3.8) is 0 Å². The molecular formula is C14H16FNO5S. The lowest BCUT2D eigenvalue weighted by Crippen LogP contribution is -2.44. The van der Waals surface area contributed by atoms with Gasteiger partial charge in [0, 0.05) is 10.9 Å². The molecule has 0 aliphatic heterocycles. The van der Waals surface area contributed by atoms with Crippen molar-refractivity contribution in [1.82, 2.24) is 4.72 Å². The first-order valence-electron chi connectivity index (χ1n) is 6.57. The summed E-state index contributed by atoms with van der Waals surface area (Å²) < 4.78 is 45.4. The van der Waals surface area contributed by atoms with Crippen molar-refractivity contribution >= 4 is 27.0 Å². The zero-order valence-corrected chi connectivity index (χ0v) is 13.1. The van der Waals surface area contributed by atoms with Crippen LogP contribution in [0.2, 0.25) is 0 Å². The van der Waals surface area contributed by atoms with E-state index in [1.54, 1.807) is 13.8 Å². The predicted molar refractivity (Wildman–Crippen MR) is 77.5 cm³/mol. The third kappa shape index (κ3) is 2.97. The van der Waals surface area contributed by atoms with Crippen molar-refractivity contribution < 1.29 is 27.1 Å². The molecule has 6 nitrogen and oxygen atoms in total. The molecule has 0 aliphatic carbocycles. The van der Waals surface area contributed by atoms with E-state index in [0.717, 1.165) is 6.07 Å². The third-order valence-electron chi connectivity index (χ3n) is 3.31. The van der Waals surface area contributed by atoms with Crippen molar-refractivity contribution in [1.29, 1.82) is 0 Å². The highest BCUT2D eigenvalue weighted by Gasteiger charge is 2.31. The molecule has 2 N–H and O–H groups in total. The fourth-order valence-corrected chi connectivity index (χ4v) is 3.65. The number of carbonyl (C=O) groups is 1. The number of rotatable bonds is 5. The second kappa shape index (κ2) is 5.69. The zero-order valence-electron chi connectivity index (χ0n) is 12.3. The van der Waals surface area contributed by atoms with Crippen LogP contribution in [-0.2, 0) is 14.8 Å². The molecule has 1 atom stereocenters. The van der Waals surface area contributed by atoms with Gasteiger partial charge in [-0.3, -0.25) is 4.79 Å². The van der Waals surface area contributed by atoms with E-state index in [2.05, 4.69) is 4.72 Å². The van der Waals surface area contributed by atoms with Crippen molar-refractivity contribution in [3.05, 3.63) is 29.6 Å². The largest absolute Gasteiger partial charge is 0.480 e. The van der Waals surface area contributed by atoms with Crippen LogP contribution in [0, 0.1) is 18.7 Å². The SMILES string of the molecule is Cc1c(S(=O)(=O)N[C@H](C(=O)O)C(C)C)oc2ccc(F)cc12. The molecule has 0 unspecified atom stereocenters. The van der Waals surface area contributed by atoms with Gasteiger partial charge in [-0.1, -0.05) is 13.8 Å². The Balaban J connectivity index is 2.50. The van der Waals surface area contributed by atoms with E-state index in [1.165, 1.54) is 19.1 Å². The Hall–Kier alpha value is -1.93. The average molecular weight is 329 g/mol. The summed E-state index contributed by atoms with van der Waals surface area (Å²) in [5, 5.41) is 9.02. The topological polar surface area (TPSA) is 96.6 Å². The molecule has 1 aromatic heterocycles. The van der Waals surface area contributed by atoms with E-state index in [1.807, 2.05) is 0 Å². The van der Waals surface area contributed by atoms with E-state index in [-0.39, 0.29) is 11.1 Å². The average Bonchev–Trinajstić information content (AvgIpc) is 2.73. The lowest BCUT2D eigenvalue weighted by Gasteiger charge is -2.17. The van der Waals surface area contributed by atoms with Gasteiger partial charge in [-0.2, -0.15) is 4.72 Å². The fourth-order valence-electron chi connectivity index (χ4n) is 2.12. The predicted octanol–water partition coefficient (Wildman–Crippen LogP) is 2.27. The highest BCUT2D eigenvalue weighted by atomic mass is 32.2. The number of benzene rings is 1. The molecule has 0 saturated heterocycles. The molecule has 0 radical (unpaired) electrons. The molecule has 0 aliphatic rings. The molecular weight excluding hydrogens is 313 g/mol. The van der Waals surface area contributed by atoms with Gasteiger partial charge in [-0.05, 0) is 31.0 Å². The molecule has 8 heteroatoms. The summed E-state index contributed by atoms with van der Waals surface area (Å²) in [6.07, 6.45) is 0. The Morgan fingerprint density at radius 3 is 2.55 bits per heavy atom. The van der Waals surface area contributed by atoms with Crippen LogP contribution in [-0.4, -0.2) is 25.5 Å². The number of aryl methyl sites for hydroxylation is 1. The van der Waals surface area contributed by atoms with Gasteiger partial charge in [0.2, 0.25) is 5.09 Å². The minimum atomic E-state index is -4.17. The number of nitrogens with one attached hydrogen (secondary N) is 1. The van der Waals surface area contributed by atoms with Crippen LogP contribution in [0.3, 0.4) is 0 Å². The Bertz CT molecular complexity index is 825. The van der Waals surface area contributed by atoms with Crippen molar-refractivity contribution in [2.75, 3.05) is 0 Å². The maximum Gasteiger partial charge on any atom is 0.322 e. The molecule has 2 rings (SSSR count). The smallest absolute Gasteiger partial charge is 0.322 e. The minimum absolute atomic E-state index is 0.218. The highest BCUT2D eigenvalue weighted by molar-refractivity contribution is 7.89. The molecule has 0 saturated carbocycles. The normalized spacial score (nSPS) is 13.7. The maximum atomic E-state index is 13.3. The Labute approximate surface area is 127 Å². The quantitative estimate of drug-likeness (QED) is 0.877. The van der Waals surface area contributed by atoms with E-state index in [4.69, 9.17) is 9.52 Å². The summed E-state index contributed by atoms with van der Waals surface area (Å²) in [7, 11) is -4.17. The maximum absolute atomic E-state index is 13.3. The molecule has 22 heavy (non-hydrogen) atoms. The molecule has 1 aromatic carbocycles. The molecule has 0 spiro atoms.